The van der Waals surface area contributed by atoms with E-state index in [0.29, 0.717) is 28.8 Å². The van der Waals surface area contributed by atoms with Gasteiger partial charge < -0.3 is 15.7 Å². The van der Waals surface area contributed by atoms with Crippen LogP contribution in [0, 0.1) is 0 Å². The molecule has 0 aliphatic carbocycles. The van der Waals surface area contributed by atoms with E-state index < -0.39 is 12.0 Å². The summed E-state index contributed by atoms with van der Waals surface area (Å²) in [6, 6.07) is 3.89. The molecule has 1 heterocycles. The van der Waals surface area contributed by atoms with Crippen LogP contribution in [0.2, 0.25) is 10.0 Å². The fraction of sp³-hybridized carbons (Fsp3) is 0.429. The quantitative estimate of drug-likeness (QED) is 0.756. The Bertz CT molecular complexity index is 562. The maximum absolute atomic E-state index is 12.1. The van der Waals surface area contributed by atoms with E-state index in [9.17, 15) is 14.7 Å². The van der Waals surface area contributed by atoms with Gasteiger partial charge in [0.25, 0.3) is 0 Å². The van der Waals surface area contributed by atoms with Crippen molar-refractivity contribution in [3.63, 3.8) is 0 Å². The van der Waals surface area contributed by atoms with Crippen LogP contribution in [0.25, 0.3) is 0 Å². The van der Waals surface area contributed by atoms with E-state index in [0.717, 1.165) is 13.1 Å². The summed E-state index contributed by atoms with van der Waals surface area (Å²) < 4.78 is 0. The number of halogens is 2. The molecule has 0 aromatic heterocycles. The molecule has 8 heteroatoms. The molecular formula is C14H17Cl2N3O3. The molecule has 3 N–H and O–H groups in total. The van der Waals surface area contributed by atoms with Crippen molar-refractivity contribution >= 4 is 40.8 Å². The highest BCUT2D eigenvalue weighted by Gasteiger charge is 2.29. The monoisotopic (exact) mass is 345 g/mol. The van der Waals surface area contributed by atoms with Gasteiger partial charge in [-0.2, -0.15) is 0 Å². The molecule has 2 rings (SSSR count). The van der Waals surface area contributed by atoms with Gasteiger partial charge in [0.1, 0.15) is 6.04 Å². The molecule has 1 aliphatic heterocycles. The molecule has 0 radical (unpaired) electrons. The van der Waals surface area contributed by atoms with E-state index in [1.807, 2.05) is 0 Å². The highest BCUT2D eigenvalue weighted by Crippen LogP contribution is 2.25. The number of carbonyl (C=O) groups is 2. The first-order valence-corrected chi connectivity index (χ1v) is 7.65. The van der Waals surface area contributed by atoms with Gasteiger partial charge in [0, 0.05) is 31.9 Å². The summed E-state index contributed by atoms with van der Waals surface area (Å²) in [5.74, 6) is -1.37. The lowest BCUT2D eigenvalue weighted by molar-refractivity contribution is -0.145. The highest BCUT2D eigenvalue weighted by atomic mass is 35.5. The number of amides is 1. The van der Waals surface area contributed by atoms with Crippen LogP contribution >= 0.6 is 23.2 Å². The van der Waals surface area contributed by atoms with Gasteiger partial charge in [0.2, 0.25) is 5.91 Å². The lowest BCUT2D eigenvalue weighted by Gasteiger charge is -2.32. The number of benzene rings is 1. The third-order valence-electron chi connectivity index (χ3n) is 3.46. The lowest BCUT2D eigenvalue weighted by Crippen LogP contribution is -2.52. The Kier molecular flexibility index (Phi) is 6.02. The van der Waals surface area contributed by atoms with Crippen LogP contribution in [0.4, 0.5) is 5.69 Å². The van der Waals surface area contributed by atoms with E-state index in [2.05, 4.69) is 10.6 Å². The Morgan fingerprint density at radius 3 is 2.55 bits per heavy atom. The van der Waals surface area contributed by atoms with Gasteiger partial charge >= 0.3 is 5.97 Å². The average molecular weight is 346 g/mol. The van der Waals surface area contributed by atoms with E-state index in [1.165, 1.54) is 6.07 Å². The number of nitrogens with one attached hydrogen (secondary N) is 2. The standard InChI is InChI=1S/C14H17Cl2N3O3/c15-10-2-1-9(7-11(10)16)18-13(20)8-12(14(21)22)19-5-3-17-4-6-19/h1-2,7,12,17H,3-6,8H2,(H,18,20)(H,21,22)/t12-/m1/s1. The van der Waals surface area contributed by atoms with Gasteiger partial charge in [-0.25, -0.2) is 0 Å². The summed E-state index contributed by atoms with van der Waals surface area (Å²) in [6.07, 6.45) is -0.115. The molecule has 1 aromatic carbocycles. The number of anilines is 1. The van der Waals surface area contributed by atoms with Crippen LogP contribution in [-0.4, -0.2) is 54.1 Å². The van der Waals surface area contributed by atoms with Crippen molar-refractivity contribution in [2.24, 2.45) is 0 Å². The van der Waals surface area contributed by atoms with Crippen molar-refractivity contribution in [3.05, 3.63) is 28.2 Å². The molecule has 120 valence electrons. The molecular weight excluding hydrogens is 329 g/mol. The minimum Gasteiger partial charge on any atom is -0.480 e. The normalized spacial score (nSPS) is 17.0. The largest absolute Gasteiger partial charge is 0.480 e. The van der Waals surface area contributed by atoms with Gasteiger partial charge in [0.05, 0.1) is 16.5 Å². The van der Waals surface area contributed by atoms with Crippen LogP contribution in [-0.2, 0) is 9.59 Å². The van der Waals surface area contributed by atoms with E-state index >= 15 is 0 Å². The van der Waals surface area contributed by atoms with E-state index in [1.54, 1.807) is 17.0 Å². The van der Waals surface area contributed by atoms with E-state index in [4.69, 9.17) is 23.2 Å². The molecule has 0 saturated carbocycles. The summed E-state index contributed by atoms with van der Waals surface area (Å²) >= 11 is 11.7. The number of carboxylic acid groups (broad SMARTS) is 1. The zero-order chi connectivity index (χ0) is 16.1. The molecule has 1 saturated heterocycles. The van der Waals surface area contributed by atoms with Gasteiger partial charge in [-0.3, -0.25) is 14.5 Å². The maximum Gasteiger partial charge on any atom is 0.321 e. The summed E-state index contributed by atoms with van der Waals surface area (Å²) in [6.45, 7) is 2.66. The first-order valence-electron chi connectivity index (χ1n) is 6.90. The topological polar surface area (TPSA) is 81.7 Å². The van der Waals surface area contributed by atoms with Gasteiger partial charge in [-0.05, 0) is 18.2 Å². The van der Waals surface area contributed by atoms with Gasteiger partial charge in [-0.1, -0.05) is 23.2 Å². The fourth-order valence-electron chi connectivity index (χ4n) is 2.33. The predicted octanol–water partition coefficient (Wildman–Crippen LogP) is 1.68. The third kappa shape index (κ3) is 4.58. The van der Waals surface area contributed by atoms with Crippen LogP contribution in [0.1, 0.15) is 6.42 Å². The highest BCUT2D eigenvalue weighted by molar-refractivity contribution is 6.42. The van der Waals surface area contributed by atoms with Gasteiger partial charge in [-0.15, -0.1) is 0 Å². The molecule has 6 nitrogen and oxygen atoms in total. The van der Waals surface area contributed by atoms with Gasteiger partial charge in [0.15, 0.2) is 0 Å². The Hall–Kier alpha value is -1.34. The number of carboxylic acids is 1. The first kappa shape index (κ1) is 17.0. The van der Waals surface area contributed by atoms with Crippen LogP contribution in [0.5, 0.6) is 0 Å². The molecule has 0 spiro atoms. The Balaban J connectivity index is 1.98. The average Bonchev–Trinajstić information content (AvgIpc) is 2.49. The fourth-order valence-corrected chi connectivity index (χ4v) is 2.63. The summed E-state index contributed by atoms with van der Waals surface area (Å²) in [5.41, 5.74) is 0.490. The number of hydrogen-bond donors (Lipinski definition) is 3. The zero-order valence-corrected chi connectivity index (χ0v) is 13.3. The van der Waals surface area contributed by atoms with Crippen molar-refractivity contribution in [3.8, 4) is 0 Å². The second kappa shape index (κ2) is 7.78. The number of rotatable bonds is 5. The first-order chi connectivity index (χ1) is 10.5. The Morgan fingerprint density at radius 2 is 1.95 bits per heavy atom. The molecule has 1 amide bonds. The molecule has 1 aliphatic rings. The van der Waals surface area contributed by atoms with Crippen molar-refractivity contribution in [1.82, 2.24) is 10.2 Å². The summed E-state index contributed by atoms with van der Waals surface area (Å²) in [4.78, 5) is 25.3. The molecule has 1 aromatic rings. The number of hydrogen-bond acceptors (Lipinski definition) is 4. The Morgan fingerprint density at radius 1 is 1.27 bits per heavy atom. The molecule has 1 atom stereocenters. The SMILES string of the molecule is O=C(C[C@H](C(=O)O)N1CCNCC1)Nc1ccc(Cl)c(Cl)c1. The minimum atomic E-state index is -0.994. The van der Waals surface area contributed by atoms with E-state index in [-0.39, 0.29) is 12.3 Å². The molecule has 22 heavy (non-hydrogen) atoms. The van der Waals surface area contributed by atoms with Crippen molar-refractivity contribution in [1.29, 1.82) is 0 Å². The van der Waals surface area contributed by atoms with Crippen LogP contribution in [0.3, 0.4) is 0 Å². The number of carbonyl (C=O) groups excluding carboxylic acids is 1. The molecule has 1 fully saturated rings. The molecule has 0 bridgehead atoms. The Labute approximate surface area is 138 Å². The predicted molar refractivity (Wildman–Crippen MR) is 85.6 cm³/mol. The van der Waals surface area contributed by atoms with Crippen molar-refractivity contribution in [2.45, 2.75) is 12.5 Å². The van der Waals surface area contributed by atoms with Crippen molar-refractivity contribution < 1.29 is 14.7 Å². The van der Waals surface area contributed by atoms with Crippen LogP contribution in [0.15, 0.2) is 18.2 Å². The van der Waals surface area contributed by atoms with Crippen molar-refractivity contribution in [2.75, 3.05) is 31.5 Å². The lowest BCUT2D eigenvalue weighted by atomic mass is 10.1. The number of aliphatic carboxylic acids is 1. The van der Waals surface area contributed by atoms with Crippen LogP contribution < -0.4 is 10.6 Å². The zero-order valence-electron chi connectivity index (χ0n) is 11.8. The second-order valence-electron chi connectivity index (χ2n) is 5.02. The summed E-state index contributed by atoms with van der Waals surface area (Å²) in [5, 5.41) is 15.9. The molecule has 0 unspecified atom stereocenters. The third-order valence-corrected chi connectivity index (χ3v) is 4.20. The number of piperazine rings is 1. The summed E-state index contributed by atoms with van der Waals surface area (Å²) in [7, 11) is 0. The second-order valence-corrected chi connectivity index (χ2v) is 5.84. The smallest absolute Gasteiger partial charge is 0.321 e. The number of nitrogens with zero attached hydrogens (tertiary/aromatic N) is 1. The minimum absolute atomic E-state index is 0.115. The maximum atomic E-state index is 12.1.